The van der Waals surface area contributed by atoms with Crippen molar-refractivity contribution >= 4 is 0 Å². The lowest BCUT2D eigenvalue weighted by Crippen LogP contribution is -2.30. The van der Waals surface area contributed by atoms with E-state index in [-0.39, 0.29) is 0 Å². The Balaban J connectivity index is 1.90. The van der Waals surface area contributed by atoms with Crippen molar-refractivity contribution in [3.05, 3.63) is 35.4 Å². The van der Waals surface area contributed by atoms with Crippen molar-refractivity contribution in [3.63, 3.8) is 0 Å². The van der Waals surface area contributed by atoms with Crippen LogP contribution in [0.25, 0.3) is 0 Å². The molecule has 0 spiro atoms. The second kappa shape index (κ2) is 6.53. The predicted octanol–water partition coefficient (Wildman–Crippen LogP) is 3.13. The molecule has 19 heavy (non-hydrogen) atoms. The van der Waals surface area contributed by atoms with E-state index in [1.54, 1.807) is 0 Å². The van der Waals surface area contributed by atoms with E-state index < -0.39 is 0 Å². The predicted molar refractivity (Wildman–Crippen MR) is 82.1 cm³/mol. The van der Waals surface area contributed by atoms with Crippen LogP contribution in [0, 0.1) is 17.8 Å². The summed E-state index contributed by atoms with van der Waals surface area (Å²) >= 11 is 0. The average Bonchev–Trinajstić information content (AvgIpc) is 3.07. The van der Waals surface area contributed by atoms with Crippen molar-refractivity contribution in [2.24, 2.45) is 23.5 Å². The number of nitrogens with two attached hydrogens (primary N) is 1. The maximum absolute atomic E-state index is 5.90. The van der Waals surface area contributed by atoms with Gasteiger partial charge < -0.3 is 11.1 Å². The van der Waals surface area contributed by atoms with Gasteiger partial charge >= 0.3 is 0 Å². The van der Waals surface area contributed by atoms with Crippen LogP contribution in [0.3, 0.4) is 0 Å². The molecule has 0 aliphatic heterocycles. The van der Waals surface area contributed by atoms with Crippen LogP contribution in [-0.2, 0) is 6.42 Å². The topological polar surface area (TPSA) is 38.0 Å². The van der Waals surface area contributed by atoms with Gasteiger partial charge in [0.1, 0.15) is 0 Å². The lowest BCUT2D eigenvalue weighted by molar-refractivity contribution is 0.511. The monoisotopic (exact) mass is 260 g/mol. The number of rotatable bonds is 7. The summed E-state index contributed by atoms with van der Waals surface area (Å²) in [5.74, 6) is 2.49. The van der Waals surface area contributed by atoms with Crippen molar-refractivity contribution < 1.29 is 0 Å². The Labute approximate surface area is 117 Å². The zero-order valence-corrected chi connectivity index (χ0v) is 12.5. The number of hydrogen-bond donors (Lipinski definition) is 2. The van der Waals surface area contributed by atoms with Crippen molar-refractivity contribution in [2.45, 2.75) is 39.7 Å². The largest absolute Gasteiger partial charge is 0.329 e. The Bertz CT molecular complexity index is 383. The van der Waals surface area contributed by atoms with E-state index in [0.29, 0.717) is 18.5 Å². The van der Waals surface area contributed by atoms with Crippen LogP contribution < -0.4 is 11.1 Å². The molecular weight excluding hydrogens is 232 g/mol. The van der Waals surface area contributed by atoms with Gasteiger partial charge in [-0.1, -0.05) is 45.0 Å². The molecule has 2 heteroatoms. The minimum atomic E-state index is 0.306. The fourth-order valence-electron chi connectivity index (χ4n) is 2.67. The second-order valence-corrected chi connectivity index (χ2v) is 6.51. The van der Waals surface area contributed by atoms with Crippen LogP contribution in [0.15, 0.2) is 24.3 Å². The van der Waals surface area contributed by atoms with Gasteiger partial charge in [-0.2, -0.15) is 0 Å². The lowest BCUT2D eigenvalue weighted by atomic mass is 9.99. The maximum Gasteiger partial charge on any atom is 0.0444 e. The Morgan fingerprint density at radius 1 is 1.26 bits per heavy atom. The van der Waals surface area contributed by atoms with Crippen molar-refractivity contribution in [1.82, 2.24) is 5.32 Å². The fraction of sp³-hybridized carbons (Fsp3) is 0.647. The van der Waals surface area contributed by atoms with Gasteiger partial charge in [0.25, 0.3) is 0 Å². The molecule has 0 bridgehead atoms. The number of benzene rings is 1. The summed E-state index contributed by atoms with van der Waals surface area (Å²) in [5.41, 5.74) is 8.65. The first kappa shape index (κ1) is 14.5. The smallest absolute Gasteiger partial charge is 0.0444 e. The SMILES string of the molecule is CC(C)Cc1ccc(C(CN)NCC2CC2C)cc1. The van der Waals surface area contributed by atoms with Gasteiger partial charge in [-0.3, -0.25) is 0 Å². The molecular formula is C17H28N2. The first-order valence-electron chi connectivity index (χ1n) is 7.62. The third-order valence-corrected chi connectivity index (χ3v) is 4.16. The third kappa shape index (κ3) is 4.32. The Morgan fingerprint density at radius 3 is 2.37 bits per heavy atom. The highest BCUT2D eigenvalue weighted by molar-refractivity contribution is 5.25. The van der Waals surface area contributed by atoms with E-state index in [1.807, 2.05) is 0 Å². The summed E-state index contributed by atoms with van der Waals surface area (Å²) in [5, 5.41) is 3.61. The minimum absolute atomic E-state index is 0.306. The molecule has 106 valence electrons. The highest BCUT2D eigenvalue weighted by Gasteiger charge is 2.32. The van der Waals surface area contributed by atoms with Crippen LogP contribution in [0.2, 0.25) is 0 Å². The van der Waals surface area contributed by atoms with E-state index >= 15 is 0 Å². The molecule has 1 aliphatic rings. The van der Waals surface area contributed by atoms with Crippen molar-refractivity contribution in [1.29, 1.82) is 0 Å². The zero-order valence-electron chi connectivity index (χ0n) is 12.5. The van der Waals surface area contributed by atoms with E-state index in [2.05, 4.69) is 50.4 Å². The standard InChI is InChI=1S/C17H28N2/c1-12(2)8-14-4-6-15(7-5-14)17(10-18)19-11-16-9-13(16)3/h4-7,12-13,16-17,19H,8-11,18H2,1-3H3. The molecule has 0 amide bonds. The van der Waals surface area contributed by atoms with E-state index in [4.69, 9.17) is 5.73 Å². The molecule has 2 rings (SSSR count). The third-order valence-electron chi connectivity index (χ3n) is 4.16. The van der Waals surface area contributed by atoms with Gasteiger partial charge in [-0.25, -0.2) is 0 Å². The molecule has 0 radical (unpaired) electrons. The molecule has 2 nitrogen and oxygen atoms in total. The number of hydrogen-bond acceptors (Lipinski definition) is 2. The summed E-state index contributed by atoms with van der Waals surface area (Å²) < 4.78 is 0. The summed E-state index contributed by atoms with van der Waals surface area (Å²) in [6.07, 6.45) is 2.53. The molecule has 1 aromatic rings. The minimum Gasteiger partial charge on any atom is -0.329 e. The van der Waals surface area contributed by atoms with E-state index in [1.165, 1.54) is 17.5 Å². The molecule has 3 N–H and O–H groups in total. The summed E-state index contributed by atoms with van der Waals surface area (Å²) in [6, 6.07) is 9.27. The maximum atomic E-state index is 5.90. The molecule has 1 aromatic carbocycles. The highest BCUT2D eigenvalue weighted by atomic mass is 14.9. The van der Waals surface area contributed by atoms with Gasteiger partial charge in [0.05, 0.1) is 0 Å². The summed E-state index contributed by atoms with van der Waals surface area (Å²) in [7, 11) is 0. The Hall–Kier alpha value is -0.860. The Morgan fingerprint density at radius 2 is 1.89 bits per heavy atom. The molecule has 1 aliphatic carbocycles. The first-order chi connectivity index (χ1) is 9.10. The van der Waals surface area contributed by atoms with Gasteiger partial charge in [-0.05, 0) is 48.3 Å². The lowest BCUT2D eigenvalue weighted by Gasteiger charge is -2.18. The molecule has 1 saturated carbocycles. The van der Waals surface area contributed by atoms with Crippen LogP contribution in [0.1, 0.15) is 44.4 Å². The van der Waals surface area contributed by atoms with Crippen molar-refractivity contribution in [3.8, 4) is 0 Å². The van der Waals surface area contributed by atoms with Gasteiger partial charge in [-0.15, -0.1) is 0 Å². The number of nitrogens with one attached hydrogen (secondary N) is 1. The van der Waals surface area contributed by atoms with E-state index in [0.717, 1.165) is 24.8 Å². The highest BCUT2D eigenvalue weighted by Crippen LogP contribution is 2.37. The molecule has 3 unspecified atom stereocenters. The fourth-order valence-corrected chi connectivity index (χ4v) is 2.67. The van der Waals surface area contributed by atoms with Crippen LogP contribution in [0.4, 0.5) is 0 Å². The average molecular weight is 260 g/mol. The second-order valence-electron chi connectivity index (χ2n) is 6.51. The molecule has 0 saturated heterocycles. The van der Waals surface area contributed by atoms with E-state index in [9.17, 15) is 0 Å². The summed E-state index contributed by atoms with van der Waals surface area (Å²) in [4.78, 5) is 0. The van der Waals surface area contributed by atoms with Gasteiger partial charge in [0.2, 0.25) is 0 Å². The molecule has 3 atom stereocenters. The van der Waals surface area contributed by atoms with Gasteiger partial charge in [0, 0.05) is 12.6 Å². The summed E-state index contributed by atoms with van der Waals surface area (Å²) in [6.45, 7) is 8.62. The van der Waals surface area contributed by atoms with Crippen LogP contribution in [0.5, 0.6) is 0 Å². The van der Waals surface area contributed by atoms with Crippen molar-refractivity contribution in [2.75, 3.05) is 13.1 Å². The molecule has 1 fully saturated rings. The van der Waals surface area contributed by atoms with Crippen LogP contribution in [-0.4, -0.2) is 13.1 Å². The quantitative estimate of drug-likeness (QED) is 0.790. The molecule has 0 aromatic heterocycles. The van der Waals surface area contributed by atoms with Gasteiger partial charge in [0.15, 0.2) is 0 Å². The zero-order chi connectivity index (χ0) is 13.8. The first-order valence-corrected chi connectivity index (χ1v) is 7.62. The van der Waals surface area contributed by atoms with Crippen LogP contribution >= 0.6 is 0 Å². The molecule has 0 heterocycles. The Kier molecular flexibility index (Phi) is 5.00. The normalized spacial score (nSPS) is 23.6.